The first kappa shape index (κ1) is 15.5. The summed E-state index contributed by atoms with van der Waals surface area (Å²) in [6.07, 6.45) is 0. The first-order valence-electron chi connectivity index (χ1n) is 6.81. The number of hydrogen-bond acceptors (Lipinski definition) is 4. The number of carbonyl (C=O) groups is 2. The summed E-state index contributed by atoms with van der Waals surface area (Å²) in [5, 5.41) is 11.5. The highest BCUT2D eigenvalue weighted by molar-refractivity contribution is 5.93. The lowest BCUT2D eigenvalue weighted by Crippen LogP contribution is -2.63. The Bertz CT molecular complexity index is 538. The first-order chi connectivity index (χ1) is 9.88. The summed E-state index contributed by atoms with van der Waals surface area (Å²) in [6.45, 7) is 4.88. The third-order valence-electron chi connectivity index (χ3n) is 3.45. The predicted octanol–water partition coefficient (Wildman–Crippen LogP) is 1.11. The van der Waals surface area contributed by atoms with E-state index in [4.69, 9.17) is 9.84 Å². The maximum atomic E-state index is 12.0. The van der Waals surface area contributed by atoms with E-state index in [2.05, 4.69) is 5.32 Å². The summed E-state index contributed by atoms with van der Waals surface area (Å²) in [5.41, 5.74) is 1.36. The zero-order chi connectivity index (χ0) is 15.5. The van der Waals surface area contributed by atoms with E-state index in [1.807, 2.05) is 43.0 Å². The van der Waals surface area contributed by atoms with Crippen molar-refractivity contribution in [3.63, 3.8) is 0 Å². The monoisotopic (exact) mass is 292 g/mol. The van der Waals surface area contributed by atoms with Crippen LogP contribution < -0.4 is 5.32 Å². The zero-order valence-corrected chi connectivity index (χ0v) is 12.3. The van der Waals surface area contributed by atoms with Crippen LogP contribution >= 0.6 is 0 Å². The molecule has 114 valence electrons. The van der Waals surface area contributed by atoms with Gasteiger partial charge in [-0.2, -0.15) is 0 Å². The van der Waals surface area contributed by atoms with Gasteiger partial charge in [0.15, 0.2) is 0 Å². The molecule has 0 saturated carbocycles. The Morgan fingerprint density at radius 2 is 2.05 bits per heavy atom. The van der Waals surface area contributed by atoms with Crippen molar-refractivity contribution in [2.24, 2.45) is 0 Å². The number of likely N-dealkylation sites (tertiary alicyclic amines) is 1. The fourth-order valence-electron chi connectivity index (χ4n) is 2.44. The number of rotatable bonds is 6. The summed E-state index contributed by atoms with van der Waals surface area (Å²) in [6, 6.07) is 7.61. The molecule has 0 unspecified atom stereocenters. The molecule has 0 aliphatic carbocycles. The van der Waals surface area contributed by atoms with Gasteiger partial charge in [-0.1, -0.05) is 18.2 Å². The molecule has 6 heteroatoms. The summed E-state index contributed by atoms with van der Waals surface area (Å²) < 4.78 is 5.30. The number of hydrogen-bond donors (Lipinski definition) is 2. The largest absolute Gasteiger partial charge is 0.480 e. The van der Waals surface area contributed by atoms with Crippen LogP contribution in [0.1, 0.15) is 12.5 Å². The van der Waals surface area contributed by atoms with Crippen LogP contribution in [0.4, 0.5) is 5.69 Å². The van der Waals surface area contributed by atoms with Gasteiger partial charge in [-0.25, -0.2) is 4.79 Å². The Labute approximate surface area is 123 Å². The minimum absolute atomic E-state index is 0.0791. The quantitative estimate of drug-likeness (QED) is 0.821. The lowest BCUT2D eigenvalue weighted by atomic mass is 9.96. The van der Waals surface area contributed by atoms with Gasteiger partial charge in [-0.3, -0.25) is 9.69 Å². The molecule has 1 amide bonds. The van der Waals surface area contributed by atoms with E-state index >= 15 is 0 Å². The van der Waals surface area contributed by atoms with Gasteiger partial charge in [0.25, 0.3) is 0 Å². The second-order valence-electron chi connectivity index (χ2n) is 5.64. The number of anilines is 1. The minimum atomic E-state index is -0.980. The van der Waals surface area contributed by atoms with Crippen LogP contribution in [-0.4, -0.2) is 53.7 Å². The zero-order valence-electron chi connectivity index (χ0n) is 12.3. The van der Waals surface area contributed by atoms with Crippen molar-refractivity contribution >= 4 is 17.6 Å². The number of nitrogens with one attached hydrogen (secondary N) is 1. The average molecular weight is 292 g/mol. The number of carboxylic acids is 1. The Morgan fingerprint density at radius 1 is 1.38 bits per heavy atom. The molecule has 2 rings (SSSR count). The van der Waals surface area contributed by atoms with Gasteiger partial charge in [-0.15, -0.1) is 0 Å². The molecule has 0 bridgehead atoms. The molecule has 0 atom stereocenters. The van der Waals surface area contributed by atoms with E-state index in [1.165, 1.54) is 0 Å². The molecule has 21 heavy (non-hydrogen) atoms. The Balaban J connectivity index is 1.76. The topological polar surface area (TPSA) is 78.9 Å². The van der Waals surface area contributed by atoms with Crippen molar-refractivity contribution in [3.05, 3.63) is 29.8 Å². The van der Waals surface area contributed by atoms with E-state index in [1.54, 1.807) is 0 Å². The van der Waals surface area contributed by atoms with Crippen molar-refractivity contribution in [2.45, 2.75) is 19.4 Å². The molecular weight excluding hydrogens is 272 g/mol. The highest BCUT2D eigenvalue weighted by Gasteiger charge is 2.40. The summed E-state index contributed by atoms with van der Waals surface area (Å²) in [4.78, 5) is 24.4. The Morgan fingerprint density at radius 3 is 2.67 bits per heavy atom. The Hall–Kier alpha value is -1.92. The van der Waals surface area contributed by atoms with Gasteiger partial charge in [0, 0.05) is 18.8 Å². The number of amides is 1. The molecule has 0 aromatic heterocycles. The third kappa shape index (κ3) is 4.27. The second kappa shape index (κ2) is 6.24. The fraction of sp³-hybridized carbons (Fsp3) is 0.467. The molecule has 2 N–H and O–H groups in total. The third-order valence-corrected chi connectivity index (χ3v) is 3.45. The predicted molar refractivity (Wildman–Crippen MR) is 78.2 cm³/mol. The van der Waals surface area contributed by atoms with Crippen molar-refractivity contribution in [2.75, 3.05) is 31.6 Å². The van der Waals surface area contributed by atoms with Crippen molar-refractivity contribution in [1.82, 2.24) is 4.90 Å². The summed E-state index contributed by atoms with van der Waals surface area (Å²) in [7, 11) is 0. The highest BCUT2D eigenvalue weighted by Crippen LogP contribution is 2.24. The molecule has 6 nitrogen and oxygen atoms in total. The molecule has 0 spiro atoms. The lowest BCUT2D eigenvalue weighted by Gasteiger charge is -2.46. The van der Waals surface area contributed by atoms with Crippen LogP contribution in [0, 0.1) is 6.92 Å². The fourth-order valence-corrected chi connectivity index (χ4v) is 2.44. The molecule has 1 aliphatic heterocycles. The molecule has 1 aromatic carbocycles. The van der Waals surface area contributed by atoms with Gasteiger partial charge in [0.1, 0.15) is 6.61 Å². The van der Waals surface area contributed by atoms with Gasteiger partial charge in [-0.05, 0) is 25.5 Å². The van der Waals surface area contributed by atoms with Crippen molar-refractivity contribution in [3.8, 4) is 0 Å². The Kier molecular flexibility index (Phi) is 4.59. The number of para-hydroxylation sites is 1. The van der Waals surface area contributed by atoms with Crippen LogP contribution in [0.5, 0.6) is 0 Å². The molecule has 1 aromatic rings. The van der Waals surface area contributed by atoms with E-state index in [-0.39, 0.29) is 19.1 Å². The number of ether oxygens (including phenoxy) is 1. The minimum Gasteiger partial charge on any atom is -0.480 e. The number of carbonyl (C=O) groups excluding carboxylic acids is 1. The smallest absolute Gasteiger partial charge is 0.329 e. The van der Waals surface area contributed by atoms with Crippen LogP contribution in [0.15, 0.2) is 24.3 Å². The molecule has 1 aliphatic rings. The maximum Gasteiger partial charge on any atom is 0.329 e. The maximum absolute atomic E-state index is 12.0. The van der Waals surface area contributed by atoms with Crippen LogP contribution in [0.2, 0.25) is 0 Å². The van der Waals surface area contributed by atoms with E-state index in [9.17, 15) is 9.59 Å². The SMILES string of the molecule is Cc1ccccc1NC(=O)CN1CC(C)(OCC(=O)O)C1. The second-order valence-corrected chi connectivity index (χ2v) is 5.64. The number of nitrogens with zero attached hydrogens (tertiary/aromatic N) is 1. The number of benzene rings is 1. The number of aliphatic carboxylic acids is 1. The van der Waals surface area contributed by atoms with E-state index in [0.717, 1.165) is 11.3 Å². The van der Waals surface area contributed by atoms with Crippen LogP contribution in [0.3, 0.4) is 0 Å². The van der Waals surface area contributed by atoms with Crippen molar-refractivity contribution < 1.29 is 19.4 Å². The molecule has 0 radical (unpaired) electrons. The van der Waals surface area contributed by atoms with E-state index < -0.39 is 11.6 Å². The average Bonchev–Trinajstić information content (AvgIpc) is 2.37. The first-order valence-corrected chi connectivity index (χ1v) is 6.81. The normalized spacial score (nSPS) is 17.0. The van der Waals surface area contributed by atoms with Gasteiger partial charge >= 0.3 is 5.97 Å². The molecule has 1 fully saturated rings. The van der Waals surface area contributed by atoms with Crippen LogP contribution in [-0.2, 0) is 14.3 Å². The summed E-state index contributed by atoms with van der Waals surface area (Å²) in [5.74, 6) is -1.06. The molecular formula is C15H20N2O4. The van der Waals surface area contributed by atoms with Gasteiger partial charge < -0.3 is 15.2 Å². The van der Waals surface area contributed by atoms with Crippen molar-refractivity contribution in [1.29, 1.82) is 0 Å². The molecule has 1 heterocycles. The van der Waals surface area contributed by atoms with Gasteiger partial charge in [0.05, 0.1) is 12.1 Å². The van der Waals surface area contributed by atoms with E-state index in [0.29, 0.717) is 13.1 Å². The summed E-state index contributed by atoms with van der Waals surface area (Å²) >= 11 is 0. The standard InChI is InChI=1S/C15H20N2O4/c1-11-5-3-4-6-12(11)16-13(18)7-17-9-15(2,10-17)21-8-14(19)20/h3-6H,7-10H2,1-2H3,(H,16,18)(H,19,20). The van der Waals surface area contributed by atoms with Gasteiger partial charge in [0.2, 0.25) is 5.91 Å². The lowest BCUT2D eigenvalue weighted by molar-refractivity contribution is -0.165. The number of aryl methyl sites for hydroxylation is 1. The van der Waals surface area contributed by atoms with Crippen LogP contribution in [0.25, 0.3) is 0 Å². The number of carboxylic acid groups (broad SMARTS) is 1. The highest BCUT2D eigenvalue weighted by atomic mass is 16.5. The molecule has 1 saturated heterocycles.